The molecule has 1 unspecified atom stereocenters. The summed E-state index contributed by atoms with van der Waals surface area (Å²) in [6.07, 6.45) is 2.95. The standard InChI is InChI=1S/C22H24N6O4/c1-13-14(7-11-31-13)25-21-23-9-6-17(26-21)15-4-3-5-16(24-15)18-12-19(32-27-18)22(30)8-10-28(2)20(22)29/h3-6,9,12-14,30H,7-8,10-11H2,1-2H3,(H,23,25,26)/t13-,14?,22+/m0/s1. The molecule has 10 heteroatoms. The largest absolute Gasteiger partial charge is 0.376 e. The Labute approximate surface area is 184 Å². The second-order valence-electron chi connectivity index (χ2n) is 8.20. The van der Waals surface area contributed by atoms with Gasteiger partial charge in [-0.05, 0) is 31.5 Å². The molecule has 3 aromatic heterocycles. The number of amides is 1. The third kappa shape index (κ3) is 3.61. The van der Waals surface area contributed by atoms with E-state index in [2.05, 4.69) is 25.4 Å². The predicted molar refractivity (Wildman–Crippen MR) is 114 cm³/mol. The molecule has 32 heavy (non-hydrogen) atoms. The van der Waals surface area contributed by atoms with E-state index in [0.29, 0.717) is 35.3 Å². The normalized spacial score (nSPS) is 25.5. The number of aromatic nitrogens is 4. The zero-order chi connectivity index (χ0) is 22.3. The van der Waals surface area contributed by atoms with Crippen LogP contribution in [0.15, 0.2) is 41.1 Å². The molecule has 166 valence electrons. The Hall–Kier alpha value is -3.37. The summed E-state index contributed by atoms with van der Waals surface area (Å²) >= 11 is 0. The minimum atomic E-state index is -1.69. The van der Waals surface area contributed by atoms with Gasteiger partial charge in [-0.25, -0.2) is 15.0 Å². The van der Waals surface area contributed by atoms with E-state index in [4.69, 9.17) is 9.26 Å². The van der Waals surface area contributed by atoms with Crippen LogP contribution in [0.3, 0.4) is 0 Å². The number of likely N-dealkylation sites (N-methyl/N-ethyl adjacent to an activating group) is 1. The lowest BCUT2D eigenvalue weighted by Crippen LogP contribution is -2.35. The lowest BCUT2D eigenvalue weighted by atomic mass is 9.98. The molecule has 3 atom stereocenters. The Morgan fingerprint density at radius 3 is 2.69 bits per heavy atom. The van der Waals surface area contributed by atoms with E-state index in [0.717, 1.165) is 13.0 Å². The summed E-state index contributed by atoms with van der Waals surface area (Å²) in [5, 5.41) is 18.1. The summed E-state index contributed by atoms with van der Waals surface area (Å²) in [6.45, 7) is 3.20. The van der Waals surface area contributed by atoms with Crippen molar-refractivity contribution in [1.29, 1.82) is 0 Å². The van der Waals surface area contributed by atoms with E-state index >= 15 is 0 Å². The summed E-state index contributed by atoms with van der Waals surface area (Å²) in [4.78, 5) is 27.4. The van der Waals surface area contributed by atoms with Crippen LogP contribution in [0.5, 0.6) is 0 Å². The smallest absolute Gasteiger partial charge is 0.262 e. The van der Waals surface area contributed by atoms with Crippen LogP contribution < -0.4 is 5.32 Å². The number of carbonyl (C=O) groups excluding carboxylic acids is 1. The van der Waals surface area contributed by atoms with Gasteiger partial charge >= 0.3 is 0 Å². The number of pyridine rings is 1. The fraction of sp³-hybridized carbons (Fsp3) is 0.409. The lowest BCUT2D eigenvalue weighted by Gasteiger charge is -2.16. The van der Waals surface area contributed by atoms with Crippen LogP contribution in [0.4, 0.5) is 5.95 Å². The van der Waals surface area contributed by atoms with Crippen molar-refractivity contribution in [1.82, 2.24) is 25.0 Å². The van der Waals surface area contributed by atoms with Crippen LogP contribution in [-0.4, -0.2) is 68.4 Å². The number of hydrogen-bond acceptors (Lipinski definition) is 9. The summed E-state index contributed by atoms with van der Waals surface area (Å²) in [6, 6.07) is 9.00. The molecule has 2 N–H and O–H groups in total. The van der Waals surface area contributed by atoms with Crippen LogP contribution in [-0.2, 0) is 15.1 Å². The van der Waals surface area contributed by atoms with Gasteiger partial charge < -0.3 is 24.6 Å². The van der Waals surface area contributed by atoms with Gasteiger partial charge in [0.25, 0.3) is 5.91 Å². The zero-order valence-electron chi connectivity index (χ0n) is 17.9. The monoisotopic (exact) mass is 436 g/mol. The summed E-state index contributed by atoms with van der Waals surface area (Å²) in [5.41, 5.74) is 0.591. The number of anilines is 1. The zero-order valence-corrected chi connectivity index (χ0v) is 17.9. The van der Waals surface area contributed by atoms with E-state index in [1.807, 2.05) is 19.1 Å². The number of likely N-dealkylation sites (tertiary alicyclic amines) is 1. The van der Waals surface area contributed by atoms with Crippen LogP contribution in [0.1, 0.15) is 25.5 Å². The predicted octanol–water partition coefficient (Wildman–Crippen LogP) is 1.83. The second kappa shape index (κ2) is 7.95. The molecule has 0 bridgehead atoms. The maximum absolute atomic E-state index is 12.3. The van der Waals surface area contributed by atoms with E-state index in [1.54, 1.807) is 31.4 Å². The first kappa shape index (κ1) is 20.5. The van der Waals surface area contributed by atoms with Gasteiger partial charge in [0.2, 0.25) is 11.5 Å². The molecule has 5 rings (SSSR count). The SMILES string of the molecule is C[C@@H]1OCCC1Nc1nccc(-c2cccc(-c3cc([C@]4(O)CCN(C)C4=O)on3)n2)n1. The van der Waals surface area contributed by atoms with Gasteiger partial charge in [0, 0.05) is 38.9 Å². The highest BCUT2D eigenvalue weighted by atomic mass is 16.5. The van der Waals surface area contributed by atoms with Crippen LogP contribution in [0.25, 0.3) is 22.8 Å². The lowest BCUT2D eigenvalue weighted by molar-refractivity contribution is -0.144. The number of ether oxygens (including phenoxy) is 1. The topological polar surface area (TPSA) is 126 Å². The van der Waals surface area contributed by atoms with E-state index < -0.39 is 11.5 Å². The van der Waals surface area contributed by atoms with Gasteiger partial charge in [-0.3, -0.25) is 4.79 Å². The number of carbonyl (C=O) groups is 1. The Morgan fingerprint density at radius 2 is 1.97 bits per heavy atom. The number of nitrogens with zero attached hydrogens (tertiary/aromatic N) is 5. The van der Waals surface area contributed by atoms with E-state index in [1.165, 1.54) is 4.90 Å². The van der Waals surface area contributed by atoms with Crippen molar-refractivity contribution >= 4 is 11.9 Å². The third-order valence-electron chi connectivity index (χ3n) is 6.05. The molecule has 1 amide bonds. The number of nitrogens with one attached hydrogen (secondary N) is 1. The van der Waals surface area contributed by atoms with Crippen LogP contribution >= 0.6 is 0 Å². The highest BCUT2D eigenvalue weighted by molar-refractivity contribution is 5.87. The van der Waals surface area contributed by atoms with Crippen molar-refractivity contribution in [3.05, 3.63) is 42.3 Å². The van der Waals surface area contributed by atoms with E-state index in [-0.39, 0.29) is 24.3 Å². The van der Waals surface area contributed by atoms with Crippen molar-refractivity contribution in [2.45, 2.75) is 37.5 Å². The molecule has 0 spiro atoms. The van der Waals surface area contributed by atoms with Crippen molar-refractivity contribution in [2.75, 3.05) is 25.5 Å². The highest BCUT2D eigenvalue weighted by Crippen LogP contribution is 2.34. The van der Waals surface area contributed by atoms with Crippen molar-refractivity contribution < 1.29 is 19.2 Å². The highest BCUT2D eigenvalue weighted by Gasteiger charge is 2.48. The maximum Gasteiger partial charge on any atom is 0.262 e. The first-order chi connectivity index (χ1) is 15.4. The summed E-state index contributed by atoms with van der Waals surface area (Å²) in [7, 11) is 1.65. The molecule has 5 heterocycles. The van der Waals surface area contributed by atoms with Gasteiger partial charge in [-0.15, -0.1) is 0 Å². The average Bonchev–Trinajstić information content (AvgIpc) is 3.52. The van der Waals surface area contributed by atoms with Gasteiger partial charge in [0.1, 0.15) is 5.69 Å². The molecule has 2 fully saturated rings. The molecule has 0 saturated carbocycles. The number of rotatable bonds is 5. The summed E-state index contributed by atoms with van der Waals surface area (Å²) < 4.78 is 10.9. The first-order valence-electron chi connectivity index (χ1n) is 10.6. The Kier molecular flexibility index (Phi) is 5.10. The Bertz CT molecular complexity index is 1150. The minimum Gasteiger partial charge on any atom is -0.376 e. The van der Waals surface area contributed by atoms with Gasteiger partial charge in [-0.1, -0.05) is 11.2 Å². The van der Waals surface area contributed by atoms with Gasteiger partial charge in [0.05, 0.1) is 29.2 Å². The number of hydrogen-bond donors (Lipinski definition) is 2. The molecule has 0 aliphatic carbocycles. The van der Waals surface area contributed by atoms with Crippen LogP contribution in [0.2, 0.25) is 0 Å². The molecule has 2 saturated heterocycles. The molecule has 2 aliphatic rings. The average molecular weight is 436 g/mol. The molecule has 10 nitrogen and oxygen atoms in total. The molecule has 0 aromatic carbocycles. The number of aliphatic hydroxyl groups is 1. The molecule has 3 aromatic rings. The van der Waals surface area contributed by atoms with Crippen LogP contribution in [0, 0.1) is 0 Å². The van der Waals surface area contributed by atoms with Crippen molar-refractivity contribution in [3.8, 4) is 22.8 Å². The van der Waals surface area contributed by atoms with Gasteiger partial charge in [0.15, 0.2) is 5.76 Å². The minimum absolute atomic E-state index is 0.103. The Balaban J connectivity index is 1.40. The maximum atomic E-state index is 12.3. The van der Waals surface area contributed by atoms with Gasteiger partial charge in [-0.2, -0.15) is 0 Å². The van der Waals surface area contributed by atoms with Crippen molar-refractivity contribution in [3.63, 3.8) is 0 Å². The molecular formula is C22H24N6O4. The molecule has 0 radical (unpaired) electrons. The fourth-order valence-electron chi connectivity index (χ4n) is 4.05. The molecular weight excluding hydrogens is 412 g/mol. The fourth-order valence-corrected chi connectivity index (χ4v) is 4.05. The third-order valence-corrected chi connectivity index (χ3v) is 6.05. The second-order valence-corrected chi connectivity index (χ2v) is 8.20. The molecule has 2 aliphatic heterocycles. The Morgan fingerprint density at radius 1 is 1.19 bits per heavy atom. The summed E-state index contributed by atoms with van der Waals surface area (Å²) in [5.74, 6) is 0.243. The van der Waals surface area contributed by atoms with Crippen molar-refractivity contribution in [2.24, 2.45) is 0 Å². The quantitative estimate of drug-likeness (QED) is 0.616. The van der Waals surface area contributed by atoms with E-state index in [9.17, 15) is 9.90 Å². The first-order valence-corrected chi connectivity index (χ1v) is 10.6.